The molecule has 4 heteroatoms. The summed E-state index contributed by atoms with van der Waals surface area (Å²) in [6.07, 6.45) is 1.05. The third kappa shape index (κ3) is 2.26. The monoisotopic (exact) mass is 234 g/mol. The number of amides is 1. The minimum atomic E-state index is 0.0140. The summed E-state index contributed by atoms with van der Waals surface area (Å²) in [5, 5.41) is 0. The van der Waals surface area contributed by atoms with E-state index in [2.05, 4.69) is 0 Å². The molecule has 2 N–H and O–H groups in total. The Morgan fingerprint density at radius 3 is 2.88 bits per heavy atom. The van der Waals surface area contributed by atoms with Crippen LogP contribution in [0.5, 0.6) is 0 Å². The number of methoxy groups -OCH3 is 1. The van der Waals surface area contributed by atoms with E-state index in [9.17, 15) is 4.79 Å². The Kier molecular flexibility index (Phi) is 3.33. The quantitative estimate of drug-likeness (QED) is 0.788. The summed E-state index contributed by atoms with van der Waals surface area (Å²) >= 11 is 0. The average Bonchev–Trinajstić information content (AvgIpc) is 2.77. The molecule has 1 heterocycles. The van der Waals surface area contributed by atoms with Crippen molar-refractivity contribution in [3.63, 3.8) is 0 Å². The summed E-state index contributed by atoms with van der Waals surface area (Å²) in [6, 6.07) is 5.54. The van der Waals surface area contributed by atoms with Gasteiger partial charge in [-0.3, -0.25) is 4.79 Å². The van der Waals surface area contributed by atoms with Gasteiger partial charge in [0, 0.05) is 25.9 Å². The van der Waals surface area contributed by atoms with Crippen LogP contribution in [0.2, 0.25) is 0 Å². The minimum Gasteiger partial charge on any atom is -0.398 e. The first-order valence-corrected chi connectivity index (χ1v) is 5.80. The molecule has 1 aromatic rings. The summed E-state index contributed by atoms with van der Waals surface area (Å²) in [6.45, 7) is 3.31. The SMILES string of the molecule is COC1CCN(C(=O)c2c(C)cccc2N)C1. The van der Waals surface area contributed by atoms with Gasteiger partial charge in [0.05, 0.1) is 11.7 Å². The van der Waals surface area contributed by atoms with Crippen molar-refractivity contribution in [2.75, 3.05) is 25.9 Å². The molecule has 17 heavy (non-hydrogen) atoms. The van der Waals surface area contributed by atoms with E-state index in [1.165, 1.54) is 0 Å². The van der Waals surface area contributed by atoms with Gasteiger partial charge in [-0.2, -0.15) is 0 Å². The van der Waals surface area contributed by atoms with E-state index >= 15 is 0 Å². The van der Waals surface area contributed by atoms with Crippen molar-refractivity contribution in [3.05, 3.63) is 29.3 Å². The van der Waals surface area contributed by atoms with Gasteiger partial charge >= 0.3 is 0 Å². The minimum absolute atomic E-state index is 0.0140. The third-order valence-corrected chi connectivity index (χ3v) is 3.28. The van der Waals surface area contributed by atoms with Gasteiger partial charge in [0.25, 0.3) is 5.91 Å². The molecule has 1 aromatic carbocycles. The number of nitrogens with zero attached hydrogens (tertiary/aromatic N) is 1. The number of ether oxygens (including phenoxy) is 1. The lowest BCUT2D eigenvalue weighted by Crippen LogP contribution is -2.31. The average molecular weight is 234 g/mol. The van der Waals surface area contributed by atoms with E-state index in [0.717, 1.165) is 18.5 Å². The van der Waals surface area contributed by atoms with Crippen molar-refractivity contribution in [3.8, 4) is 0 Å². The third-order valence-electron chi connectivity index (χ3n) is 3.28. The molecular weight excluding hydrogens is 216 g/mol. The Bertz CT molecular complexity index is 411. The fourth-order valence-corrected chi connectivity index (χ4v) is 2.25. The lowest BCUT2D eigenvalue weighted by atomic mass is 10.1. The van der Waals surface area contributed by atoms with Gasteiger partial charge in [0.1, 0.15) is 0 Å². The van der Waals surface area contributed by atoms with Gasteiger partial charge in [-0.25, -0.2) is 0 Å². The summed E-state index contributed by atoms with van der Waals surface area (Å²) in [7, 11) is 1.68. The fourth-order valence-electron chi connectivity index (χ4n) is 2.25. The van der Waals surface area contributed by atoms with Crippen LogP contribution in [0.4, 0.5) is 5.69 Å². The van der Waals surface area contributed by atoms with Crippen LogP contribution >= 0.6 is 0 Å². The first kappa shape index (κ1) is 11.9. The molecule has 0 aromatic heterocycles. The van der Waals surface area contributed by atoms with Crippen LogP contribution in [0.25, 0.3) is 0 Å². The van der Waals surface area contributed by atoms with Crippen LogP contribution in [-0.4, -0.2) is 37.1 Å². The maximum Gasteiger partial charge on any atom is 0.256 e. The normalized spacial score (nSPS) is 19.6. The van der Waals surface area contributed by atoms with Crippen molar-refractivity contribution in [1.29, 1.82) is 0 Å². The van der Waals surface area contributed by atoms with Crippen molar-refractivity contribution >= 4 is 11.6 Å². The van der Waals surface area contributed by atoms with Gasteiger partial charge in [0.15, 0.2) is 0 Å². The summed E-state index contributed by atoms with van der Waals surface area (Å²) in [5.74, 6) is 0.0140. The fraction of sp³-hybridized carbons (Fsp3) is 0.462. The molecule has 0 aliphatic carbocycles. The highest BCUT2D eigenvalue weighted by Gasteiger charge is 2.28. The molecule has 0 saturated carbocycles. The first-order valence-electron chi connectivity index (χ1n) is 5.80. The number of anilines is 1. The smallest absolute Gasteiger partial charge is 0.256 e. The van der Waals surface area contributed by atoms with E-state index in [4.69, 9.17) is 10.5 Å². The summed E-state index contributed by atoms with van der Waals surface area (Å²) < 4.78 is 5.26. The second kappa shape index (κ2) is 4.75. The van der Waals surface area contributed by atoms with Crippen molar-refractivity contribution in [2.45, 2.75) is 19.4 Å². The molecule has 1 fully saturated rings. The lowest BCUT2D eigenvalue weighted by molar-refractivity contribution is 0.0724. The number of benzene rings is 1. The number of hydrogen-bond donors (Lipinski definition) is 1. The highest BCUT2D eigenvalue weighted by molar-refractivity contribution is 6.00. The lowest BCUT2D eigenvalue weighted by Gasteiger charge is -2.18. The number of aryl methyl sites for hydroxylation is 1. The molecule has 0 bridgehead atoms. The van der Waals surface area contributed by atoms with Crippen LogP contribution in [0.1, 0.15) is 22.3 Å². The van der Waals surface area contributed by atoms with Crippen molar-refractivity contribution in [1.82, 2.24) is 4.90 Å². The zero-order valence-corrected chi connectivity index (χ0v) is 10.3. The summed E-state index contributed by atoms with van der Waals surface area (Å²) in [5.41, 5.74) is 7.99. The molecule has 0 radical (unpaired) electrons. The van der Waals surface area contributed by atoms with E-state index in [1.807, 2.05) is 24.0 Å². The molecular formula is C13H18N2O2. The van der Waals surface area contributed by atoms with Crippen LogP contribution in [-0.2, 0) is 4.74 Å². The molecule has 92 valence electrons. The van der Waals surface area contributed by atoms with Gasteiger partial charge < -0.3 is 15.4 Å². The highest BCUT2D eigenvalue weighted by Crippen LogP contribution is 2.21. The van der Waals surface area contributed by atoms with Gasteiger partial charge in [-0.15, -0.1) is 0 Å². The second-order valence-corrected chi connectivity index (χ2v) is 4.44. The largest absolute Gasteiger partial charge is 0.398 e. The molecule has 1 unspecified atom stereocenters. The predicted molar refractivity (Wildman–Crippen MR) is 66.9 cm³/mol. The van der Waals surface area contributed by atoms with E-state index < -0.39 is 0 Å². The highest BCUT2D eigenvalue weighted by atomic mass is 16.5. The zero-order chi connectivity index (χ0) is 12.4. The van der Waals surface area contributed by atoms with Gasteiger partial charge in [0.2, 0.25) is 0 Å². The van der Waals surface area contributed by atoms with Crippen LogP contribution < -0.4 is 5.73 Å². The molecule has 4 nitrogen and oxygen atoms in total. The van der Waals surface area contributed by atoms with Gasteiger partial charge in [-0.05, 0) is 25.0 Å². The Hall–Kier alpha value is -1.55. The Morgan fingerprint density at radius 1 is 1.53 bits per heavy atom. The molecule has 1 aliphatic rings. The topological polar surface area (TPSA) is 55.6 Å². The first-order chi connectivity index (χ1) is 8.13. The Balaban J connectivity index is 2.21. The van der Waals surface area contributed by atoms with Crippen molar-refractivity contribution in [2.24, 2.45) is 0 Å². The number of carbonyl (C=O) groups is 1. The van der Waals surface area contributed by atoms with Gasteiger partial charge in [-0.1, -0.05) is 12.1 Å². The summed E-state index contributed by atoms with van der Waals surface area (Å²) in [4.78, 5) is 14.2. The molecule has 1 saturated heterocycles. The number of rotatable bonds is 2. The molecule has 1 atom stereocenters. The maximum atomic E-state index is 12.3. The van der Waals surface area contributed by atoms with E-state index in [0.29, 0.717) is 17.8 Å². The van der Waals surface area contributed by atoms with Crippen molar-refractivity contribution < 1.29 is 9.53 Å². The van der Waals surface area contributed by atoms with E-state index in [1.54, 1.807) is 13.2 Å². The Labute approximate surface area is 101 Å². The molecule has 0 spiro atoms. The molecule has 1 aliphatic heterocycles. The predicted octanol–water partition coefficient (Wildman–Crippen LogP) is 1.44. The Morgan fingerprint density at radius 2 is 2.29 bits per heavy atom. The molecule has 1 amide bonds. The van der Waals surface area contributed by atoms with E-state index in [-0.39, 0.29) is 12.0 Å². The maximum absolute atomic E-state index is 12.3. The number of nitrogen functional groups attached to an aromatic ring is 1. The van der Waals surface area contributed by atoms with Crippen LogP contribution in [0.3, 0.4) is 0 Å². The zero-order valence-electron chi connectivity index (χ0n) is 10.3. The molecule has 2 rings (SSSR count). The second-order valence-electron chi connectivity index (χ2n) is 4.44. The van der Waals surface area contributed by atoms with Crippen LogP contribution in [0, 0.1) is 6.92 Å². The number of hydrogen-bond acceptors (Lipinski definition) is 3. The number of nitrogens with two attached hydrogens (primary N) is 1. The number of likely N-dealkylation sites (tertiary alicyclic amines) is 1. The number of carbonyl (C=O) groups excluding carboxylic acids is 1. The standard InChI is InChI=1S/C13H18N2O2/c1-9-4-3-5-11(14)12(9)13(16)15-7-6-10(8-15)17-2/h3-5,10H,6-8,14H2,1-2H3. The van der Waals surface area contributed by atoms with Crippen LogP contribution in [0.15, 0.2) is 18.2 Å².